The first-order valence-corrected chi connectivity index (χ1v) is 9.08. The molecule has 0 radical (unpaired) electrons. The summed E-state index contributed by atoms with van der Waals surface area (Å²) in [6.07, 6.45) is 2.74. The van der Waals surface area contributed by atoms with Gasteiger partial charge in [0, 0.05) is 58.2 Å². The van der Waals surface area contributed by atoms with Crippen molar-refractivity contribution in [1.29, 1.82) is 0 Å². The number of rotatable bonds is 8. The first-order chi connectivity index (χ1) is 11.2. The molecule has 25 heavy (non-hydrogen) atoms. The molecule has 0 atom stereocenters. The zero-order chi connectivity index (χ0) is 16.5. The Morgan fingerprint density at radius 1 is 1.12 bits per heavy atom. The first kappa shape index (κ1) is 24.9. The molecule has 0 aliphatic carbocycles. The smallest absolute Gasteiger partial charge is 0.221 e. The molecule has 2 heterocycles. The zero-order valence-electron chi connectivity index (χ0n) is 15.7. The third kappa shape index (κ3) is 8.41. The van der Waals surface area contributed by atoms with Crippen molar-refractivity contribution >= 4 is 30.7 Å². The van der Waals surface area contributed by atoms with E-state index in [1.807, 2.05) is 0 Å². The summed E-state index contributed by atoms with van der Waals surface area (Å²) in [7, 11) is 1.75. The minimum Gasteiger partial charge on any atom is -0.384 e. The van der Waals surface area contributed by atoms with Crippen molar-refractivity contribution in [3.05, 3.63) is 0 Å². The third-order valence-corrected chi connectivity index (χ3v) is 5.34. The lowest BCUT2D eigenvalue weighted by molar-refractivity contribution is -0.122. The lowest BCUT2D eigenvalue weighted by Gasteiger charge is -2.37. The molecule has 2 aliphatic heterocycles. The molecule has 2 rings (SSSR count). The Hall–Kier alpha value is -0.110. The molecule has 0 aromatic heterocycles. The van der Waals surface area contributed by atoms with Crippen LogP contribution in [0.2, 0.25) is 0 Å². The highest BCUT2D eigenvalue weighted by molar-refractivity contribution is 5.85. The SMILES string of the molecule is CCN1CCN(CCC(=O)NCC2(COC)CCNCC2)CC1.Cl.Cl. The molecule has 2 saturated heterocycles. The summed E-state index contributed by atoms with van der Waals surface area (Å²) in [5, 5.41) is 6.54. The van der Waals surface area contributed by atoms with Gasteiger partial charge in [0.1, 0.15) is 0 Å². The van der Waals surface area contributed by atoms with Crippen molar-refractivity contribution < 1.29 is 9.53 Å². The van der Waals surface area contributed by atoms with Crippen LogP contribution in [0.4, 0.5) is 0 Å². The standard InChI is InChI=1S/C17H34N4O2.2ClH/c1-3-20-10-12-21(13-11-20)9-4-16(22)19-14-17(15-23-2)5-7-18-8-6-17;;/h18H,3-15H2,1-2H3,(H,19,22);2*1H. The number of piperidine rings is 1. The molecular formula is C17H36Cl2N4O2. The van der Waals surface area contributed by atoms with Gasteiger partial charge in [0.25, 0.3) is 0 Å². The van der Waals surface area contributed by atoms with E-state index in [1.165, 1.54) is 0 Å². The molecule has 0 aromatic rings. The van der Waals surface area contributed by atoms with Gasteiger partial charge in [-0.1, -0.05) is 6.92 Å². The van der Waals surface area contributed by atoms with Gasteiger partial charge < -0.3 is 25.2 Å². The second-order valence-corrected chi connectivity index (χ2v) is 6.99. The first-order valence-electron chi connectivity index (χ1n) is 9.08. The van der Waals surface area contributed by atoms with Crippen molar-refractivity contribution in [3.8, 4) is 0 Å². The molecule has 1 amide bonds. The van der Waals surface area contributed by atoms with Gasteiger partial charge in [-0.2, -0.15) is 0 Å². The molecule has 0 saturated carbocycles. The van der Waals surface area contributed by atoms with Crippen LogP contribution in [0.15, 0.2) is 0 Å². The summed E-state index contributed by atoms with van der Waals surface area (Å²) in [6.45, 7) is 12.1. The number of likely N-dealkylation sites (N-methyl/N-ethyl adjacent to an activating group) is 1. The van der Waals surface area contributed by atoms with Crippen LogP contribution in [0.3, 0.4) is 0 Å². The molecule has 0 unspecified atom stereocenters. The van der Waals surface area contributed by atoms with Gasteiger partial charge >= 0.3 is 0 Å². The average Bonchev–Trinajstić information content (AvgIpc) is 2.60. The van der Waals surface area contributed by atoms with E-state index in [4.69, 9.17) is 4.74 Å². The number of hydrogen-bond acceptors (Lipinski definition) is 5. The van der Waals surface area contributed by atoms with E-state index in [2.05, 4.69) is 27.4 Å². The number of piperazine rings is 1. The number of carbonyl (C=O) groups excluding carboxylic acids is 1. The minimum atomic E-state index is 0. The predicted octanol–water partition coefficient (Wildman–Crippen LogP) is 0.990. The number of ether oxygens (including phenoxy) is 1. The number of nitrogens with one attached hydrogen (secondary N) is 2. The van der Waals surface area contributed by atoms with Crippen LogP contribution in [-0.2, 0) is 9.53 Å². The van der Waals surface area contributed by atoms with E-state index in [0.29, 0.717) is 6.42 Å². The molecule has 150 valence electrons. The summed E-state index contributed by atoms with van der Waals surface area (Å²) in [5.74, 6) is 0.178. The molecule has 2 aliphatic rings. The van der Waals surface area contributed by atoms with Crippen LogP contribution in [-0.4, -0.2) is 88.3 Å². The fraction of sp³-hybridized carbons (Fsp3) is 0.941. The molecule has 2 N–H and O–H groups in total. The van der Waals surface area contributed by atoms with Crippen LogP contribution in [0.5, 0.6) is 0 Å². The van der Waals surface area contributed by atoms with E-state index in [9.17, 15) is 4.79 Å². The summed E-state index contributed by atoms with van der Waals surface area (Å²) in [5.41, 5.74) is 0.114. The molecule has 0 spiro atoms. The van der Waals surface area contributed by atoms with E-state index in [-0.39, 0.29) is 36.1 Å². The van der Waals surface area contributed by atoms with Crippen LogP contribution in [0.25, 0.3) is 0 Å². The van der Waals surface area contributed by atoms with Gasteiger partial charge in [-0.25, -0.2) is 0 Å². The van der Waals surface area contributed by atoms with Crippen molar-refractivity contribution in [2.45, 2.75) is 26.2 Å². The Morgan fingerprint density at radius 3 is 2.28 bits per heavy atom. The Morgan fingerprint density at radius 2 is 1.72 bits per heavy atom. The number of methoxy groups -OCH3 is 1. The van der Waals surface area contributed by atoms with E-state index in [1.54, 1.807) is 7.11 Å². The normalized spacial score (nSPS) is 21.0. The molecule has 0 bridgehead atoms. The van der Waals surface area contributed by atoms with E-state index < -0.39 is 0 Å². The van der Waals surface area contributed by atoms with Gasteiger partial charge in [-0.05, 0) is 32.5 Å². The summed E-state index contributed by atoms with van der Waals surface area (Å²) >= 11 is 0. The number of halogens is 2. The van der Waals surface area contributed by atoms with Gasteiger partial charge in [0.2, 0.25) is 5.91 Å². The predicted molar refractivity (Wildman–Crippen MR) is 107 cm³/mol. The fourth-order valence-electron chi connectivity index (χ4n) is 3.60. The molecule has 8 heteroatoms. The largest absolute Gasteiger partial charge is 0.384 e. The van der Waals surface area contributed by atoms with Crippen LogP contribution < -0.4 is 10.6 Å². The fourth-order valence-corrected chi connectivity index (χ4v) is 3.60. The highest BCUT2D eigenvalue weighted by Gasteiger charge is 2.32. The number of amides is 1. The molecule has 6 nitrogen and oxygen atoms in total. The van der Waals surface area contributed by atoms with Crippen LogP contribution >= 0.6 is 24.8 Å². The number of nitrogens with zero attached hydrogens (tertiary/aromatic N) is 2. The van der Waals surface area contributed by atoms with Crippen LogP contribution in [0.1, 0.15) is 26.2 Å². The van der Waals surface area contributed by atoms with Gasteiger partial charge in [0.15, 0.2) is 0 Å². The zero-order valence-corrected chi connectivity index (χ0v) is 17.4. The van der Waals surface area contributed by atoms with Crippen molar-refractivity contribution in [2.75, 3.05) is 72.6 Å². The molecule has 0 aromatic carbocycles. The summed E-state index contributed by atoms with van der Waals surface area (Å²) < 4.78 is 5.40. The summed E-state index contributed by atoms with van der Waals surface area (Å²) in [6, 6.07) is 0. The summed E-state index contributed by atoms with van der Waals surface area (Å²) in [4.78, 5) is 17.1. The lowest BCUT2D eigenvalue weighted by Crippen LogP contribution is -2.48. The number of carbonyl (C=O) groups is 1. The molecular weight excluding hydrogens is 363 g/mol. The maximum atomic E-state index is 12.2. The van der Waals surface area contributed by atoms with Gasteiger partial charge in [0.05, 0.1) is 6.61 Å². The van der Waals surface area contributed by atoms with Crippen molar-refractivity contribution in [2.24, 2.45) is 5.41 Å². The van der Waals surface area contributed by atoms with Crippen LogP contribution in [0, 0.1) is 5.41 Å². The highest BCUT2D eigenvalue weighted by atomic mass is 35.5. The number of hydrogen-bond donors (Lipinski definition) is 2. The highest BCUT2D eigenvalue weighted by Crippen LogP contribution is 2.28. The quantitative estimate of drug-likeness (QED) is 0.638. The van der Waals surface area contributed by atoms with Crippen molar-refractivity contribution in [1.82, 2.24) is 20.4 Å². The van der Waals surface area contributed by atoms with Gasteiger partial charge in [-0.3, -0.25) is 4.79 Å². The second kappa shape index (κ2) is 13.1. The molecule has 2 fully saturated rings. The Labute approximate surface area is 165 Å². The topological polar surface area (TPSA) is 56.8 Å². The maximum Gasteiger partial charge on any atom is 0.221 e. The third-order valence-electron chi connectivity index (χ3n) is 5.34. The Kier molecular flexibility index (Phi) is 13.1. The maximum absolute atomic E-state index is 12.2. The van der Waals surface area contributed by atoms with Crippen molar-refractivity contribution in [3.63, 3.8) is 0 Å². The van der Waals surface area contributed by atoms with Gasteiger partial charge in [-0.15, -0.1) is 24.8 Å². The Balaban J connectivity index is 0.00000288. The second-order valence-electron chi connectivity index (χ2n) is 6.99. The minimum absolute atomic E-state index is 0. The van der Waals surface area contributed by atoms with E-state index >= 15 is 0 Å². The average molecular weight is 399 g/mol. The lowest BCUT2D eigenvalue weighted by atomic mass is 9.79. The van der Waals surface area contributed by atoms with E-state index in [0.717, 1.165) is 78.4 Å². The monoisotopic (exact) mass is 398 g/mol. The Bertz CT molecular complexity index is 355.